The van der Waals surface area contributed by atoms with E-state index in [2.05, 4.69) is 27.7 Å². The lowest BCUT2D eigenvalue weighted by Gasteiger charge is -2.27. The molecule has 0 fully saturated rings. The topological polar surface area (TPSA) is 26.3 Å². The van der Waals surface area contributed by atoms with E-state index in [4.69, 9.17) is 4.74 Å². The molecule has 1 unspecified atom stereocenters. The van der Waals surface area contributed by atoms with Gasteiger partial charge in [0, 0.05) is 12.0 Å². The maximum absolute atomic E-state index is 11.9. The van der Waals surface area contributed by atoms with Crippen LogP contribution in [0.4, 0.5) is 0 Å². The van der Waals surface area contributed by atoms with Crippen LogP contribution in [-0.2, 0) is 9.53 Å². The Bertz CT molecular complexity index is 258. The average Bonchev–Trinajstić information content (AvgIpc) is 2.17. The lowest BCUT2D eigenvalue weighted by atomic mass is 9.78. The molecule has 0 aromatic carbocycles. The van der Waals surface area contributed by atoms with Gasteiger partial charge in [0.05, 0.1) is 12.9 Å². The Balaban J connectivity index is 2.52. The molecule has 1 heterocycles. The quantitative estimate of drug-likeness (QED) is 0.714. The van der Waals surface area contributed by atoms with Gasteiger partial charge in [0.15, 0.2) is 5.78 Å². The molecule has 1 atom stereocenters. The van der Waals surface area contributed by atoms with E-state index in [0.29, 0.717) is 12.3 Å². The molecule has 1 aliphatic heterocycles. The second kappa shape index (κ2) is 4.82. The van der Waals surface area contributed by atoms with E-state index in [1.165, 1.54) is 0 Å². The Labute approximate surface area is 92.7 Å². The lowest BCUT2D eigenvalue weighted by molar-refractivity contribution is -0.117. The molecule has 0 bridgehead atoms. The molecule has 15 heavy (non-hydrogen) atoms. The summed E-state index contributed by atoms with van der Waals surface area (Å²) in [5, 5.41) is 0. The Hall–Kier alpha value is -0.790. The summed E-state index contributed by atoms with van der Waals surface area (Å²) in [4.78, 5) is 11.9. The Morgan fingerprint density at radius 3 is 2.67 bits per heavy atom. The van der Waals surface area contributed by atoms with Crippen molar-refractivity contribution in [2.45, 2.75) is 47.0 Å². The highest BCUT2D eigenvalue weighted by atomic mass is 16.5. The number of allylic oxidation sites excluding steroid dienone is 1. The number of ketones is 1. The van der Waals surface area contributed by atoms with Crippen molar-refractivity contribution in [3.8, 4) is 0 Å². The van der Waals surface area contributed by atoms with Crippen LogP contribution < -0.4 is 0 Å². The zero-order valence-corrected chi connectivity index (χ0v) is 10.3. The van der Waals surface area contributed by atoms with Crippen LogP contribution in [-0.4, -0.2) is 12.4 Å². The van der Waals surface area contributed by atoms with Gasteiger partial charge in [0.2, 0.25) is 0 Å². The van der Waals surface area contributed by atoms with Crippen molar-refractivity contribution >= 4 is 5.78 Å². The van der Waals surface area contributed by atoms with E-state index in [1.54, 1.807) is 6.26 Å². The molecule has 0 N–H and O–H groups in total. The van der Waals surface area contributed by atoms with Crippen LogP contribution >= 0.6 is 0 Å². The minimum Gasteiger partial charge on any atom is -0.501 e. The molecule has 0 saturated carbocycles. The van der Waals surface area contributed by atoms with Crippen LogP contribution in [0.2, 0.25) is 0 Å². The second-order valence-electron chi connectivity index (χ2n) is 5.51. The van der Waals surface area contributed by atoms with Gasteiger partial charge in [-0.3, -0.25) is 4.79 Å². The molecule has 2 nitrogen and oxygen atoms in total. The molecular formula is C13H22O2. The van der Waals surface area contributed by atoms with Gasteiger partial charge in [-0.2, -0.15) is 0 Å². The fourth-order valence-electron chi connectivity index (χ4n) is 1.48. The zero-order chi connectivity index (χ0) is 11.5. The third kappa shape index (κ3) is 3.69. The van der Waals surface area contributed by atoms with Crippen LogP contribution in [0.3, 0.4) is 0 Å². The summed E-state index contributed by atoms with van der Waals surface area (Å²) in [6.07, 6.45) is 4.15. The lowest BCUT2D eigenvalue weighted by Crippen LogP contribution is -2.22. The van der Waals surface area contributed by atoms with Gasteiger partial charge >= 0.3 is 0 Å². The van der Waals surface area contributed by atoms with Gasteiger partial charge in [0.25, 0.3) is 0 Å². The summed E-state index contributed by atoms with van der Waals surface area (Å²) in [6.45, 7) is 9.43. The first-order chi connectivity index (χ1) is 6.91. The summed E-state index contributed by atoms with van der Waals surface area (Å²) in [5.41, 5.74) is 1.07. The minimum absolute atomic E-state index is 0.200. The zero-order valence-electron chi connectivity index (χ0n) is 10.3. The summed E-state index contributed by atoms with van der Waals surface area (Å²) >= 11 is 0. The van der Waals surface area contributed by atoms with Crippen molar-refractivity contribution in [3.05, 3.63) is 11.8 Å². The van der Waals surface area contributed by atoms with Gasteiger partial charge in [-0.1, -0.05) is 27.7 Å². The largest absolute Gasteiger partial charge is 0.501 e. The fourth-order valence-corrected chi connectivity index (χ4v) is 1.48. The van der Waals surface area contributed by atoms with E-state index in [0.717, 1.165) is 25.0 Å². The molecule has 0 saturated heterocycles. The number of carbonyl (C=O) groups is 1. The highest BCUT2D eigenvalue weighted by Crippen LogP contribution is 2.29. The summed E-state index contributed by atoms with van der Waals surface area (Å²) < 4.78 is 5.19. The predicted octanol–water partition coefficient (Wildman–Crippen LogP) is 3.32. The summed E-state index contributed by atoms with van der Waals surface area (Å²) in [6, 6.07) is 0. The maximum Gasteiger partial charge on any atom is 0.162 e. The smallest absolute Gasteiger partial charge is 0.162 e. The molecule has 2 heteroatoms. The summed E-state index contributed by atoms with van der Waals surface area (Å²) in [5.74, 6) is 0.671. The number of Topliss-reactive ketones (excluding diaryl/α,β-unsaturated/α-hetero) is 1. The van der Waals surface area contributed by atoms with E-state index < -0.39 is 0 Å². The predicted molar refractivity (Wildman–Crippen MR) is 61.5 cm³/mol. The van der Waals surface area contributed by atoms with Crippen molar-refractivity contribution in [3.63, 3.8) is 0 Å². The molecule has 0 aromatic heterocycles. The first kappa shape index (κ1) is 12.3. The number of carbonyl (C=O) groups excluding carboxylic acids is 1. The molecule has 1 aliphatic rings. The Morgan fingerprint density at radius 1 is 1.53 bits per heavy atom. The highest BCUT2D eigenvalue weighted by Gasteiger charge is 2.24. The van der Waals surface area contributed by atoms with E-state index in [-0.39, 0.29) is 11.2 Å². The van der Waals surface area contributed by atoms with Crippen molar-refractivity contribution in [2.24, 2.45) is 11.3 Å². The normalized spacial score (nSPS) is 19.1. The van der Waals surface area contributed by atoms with Crippen LogP contribution in [0.5, 0.6) is 0 Å². The van der Waals surface area contributed by atoms with Gasteiger partial charge in [-0.15, -0.1) is 0 Å². The third-order valence-electron chi connectivity index (χ3n) is 3.26. The Morgan fingerprint density at radius 2 is 2.20 bits per heavy atom. The van der Waals surface area contributed by atoms with Gasteiger partial charge < -0.3 is 4.74 Å². The van der Waals surface area contributed by atoms with Crippen molar-refractivity contribution in [1.29, 1.82) is 0 Å². The molecular weight excluding hydrogens is 188 g/mol. The van der Waals surface area contributed by atoms with Crippen LogP contribution in [0.1, 0.15) is 47.0 Å². The van der Waals surface area contributed by atoms with Crippen LogP contribution in [0.15, 0.2) is 11.8 Å². The molecule has 0 spiro atoms. The van der Waals surface area contributed by atoms with Crippen molar-refractivity contribution < 1.29 is 9.53 Å². The number of rotatable bonds is 3. The fraction of sp³-hybridized carbons (Fsp3) is 0.769. The molecule has 1 rings (SSSR count). The van der Waals surface area contributed by atoms with Gasteiger partial charge in [0.1, 0.15) is 0 Å². The van der Waals surface area contributed by atoms with Crippen molar-refractivity contribution in [1.82, 2.24) is 0 Å². The van der Waals surface area contributed by atoms with Crippen molar-refractivity contribution in [2.75, 3.05) is 6.61 Å². The van der Waals surface area contributed by atoms with E-state index in [1.807, 2.05) is 0 Å². The first-order valence-corrected chi connectivity index (χ1v) is 5.75. The van der Waals surface area contributed by atoms with Gasteiger partial charge in [-0.05, 0) is 24.2 Å². The first-order valence-electron chi connectivity index (χ1n) is 5.75. The molecule has 0 radical (unpaired) electrons. The van der Waals surface area contributed by atoms with E-state index >= 15 is 0 Å². The number of hydrogen-bond donors (Lipinski definition) is 0. The molecule has 0 aliphatic carbocycles. The second-order valence-corrected chi connectivity index (χ2v) is 5.51. The van der Waals surface area contributed by atoms with Crippen LogP contribution in [0.25, 0.3) is 0 Å². The van der Waals surface area contributed by atoms with Gasteiger partial charge in [-0.25, -0.2) is 0 Å². The number of ether oxygens (including phenoxy) is 1. The molecule has 86 valence electrons. The average molecular weight is 210 g/mol. The number of hydrogen-bond acceptors (Lipinski definition) is 2. The SMILES string of the molecule is CC(CC(=O)C1=COCCC1)C(C)(C)C. The molecule has 0 amide bonds. The monoisotopic (exact) mass is 210 g/mol. The third-order valence-corrected chi connectivity index (χ3v) is 3.26. The highest BCUT2D eigenvalue weighted by molar-refractivity contribution is 5.95. The minimum atomic E-state index is 0.200. The van der Waals surface area contributed by atoms with Crippen LogP contribution in [0, 0.1) is 11.3 Å². The van der Waals surface area contributed by atoms with E-state index in [9.17, 15) is 4.79 Å². The standard InChI is InChI=1S/C13H22O2/c1-10(13(2,3)4)8-12(14)11-6-5-7-15-9-11/h9-10H,5-8H2,1-4H3. The summed E-state index contributed by atoms with van der Waals surface area (Å²) in [7, 11) is 0. The Kier molecular flexibility index (Phi) is 3.95. The molecule has 0 aromatic rings. The maximum atomic E-state index is 11.9.